The monoisotopic (exact) mass is 394 g/mol. The molecule has 0 saturated carbocycles. The van der Waals surface area contributed by atoms with E-state index in [0.717, 1.165) is 12.1 Å². The summed E-state index contributed by atoms with van der Waals surface area (Å²) >= 11 is 0. The van der Waals surface area contributed by atoms with Gasteiger partial charge in [0.1, 0.15) is 5.82 Å². The number of hydrogen-bond donors (Lipinski definition) is 1. The number of hydrogen-bond acceptors (Lipinski definition) is 2. The normalized spacial score (nSPS) is 17.9. The first-order valence-electron chi connectivity index (χ1n) is 7.47. The van der Waals surface area contributed by atoms with Crippen LogP contribution in [0.5, 0.6) is 0 Å². The van der Waals surface area contributed by atoms with Crippen molar-refractivity contribution in [2.45, 2.75) is 31.2 Å². The Bertz CT molecular complexity index is 554. The molecule has 25 heavy (non-hydrogen) atoms. The van der Waals surface area contributed by atoms with Crippen molar-refractivity contribution in [2.24, 2.45) is 0 Å². The van der Waals surface area contributed by atoms with Crippen molar-refractivity contribution in [2.75, 3.05) is 26.2 Å². The zero-order valence-corrected chi connectivity index (χ0v) is 13.9. The summed E-state index contributed by atoms with van der Waals surface area (Å²) < 4.78 is 91.2. The van der Waals surface area contributed by atoms with Crippen LogP contribution in [0.15, 0.2) is 18.2 Å². The molecule has 2 nitrogen and oxygen atoms in total. The Balaban J connectivity index is 0.00000312. The third kappa shape index (κ3) is 6.00. The number of halogens is 8. The van der Waals surface area contributed by atoms with Crippen LogP contribution >= 0.6 is 12.4 Å². The first-order chi connectivity index (χ1) is 11.1. The number of alkyl halides is 6. The molecule has 144 valence electrons. The van der Waals surface area contributed by atoms with Gasteiger partial charge in [-0.1, -0.05) is 12.1 Å². The van der Waals surface area contributed by atoms with Gasteiger partial charge in [0.05, 0.1) is 5.56 Å². The van der Waals surface area contributed by atoms with E-state index in [1.165, 1.54) is 0 Å². The second-order valence-corrected chi connectivity index (χ2v) is 5.66. The van der Waals surface area contributed by atoms with Gasteiger partial charge in [0.25, 0.3) is 0 Å². The summed E-state index contributed by atoms with van der Waals surface area (Å²) in [6.45, 7) is 1.52. The maximum Gasteiger partial charge on any atom is 0.419 e. The van der Waals surface area contributed by atoms with E-state index in [2.05, 4.69) is 5.32 Å². The number of rotatable bonds is 4. The maximum atomic E-state index is 13.8. The van der Waals surface area contributed by atoms with Crippen molar-refractivity contribution < 1.29 is 30.7 Å². The molecule has 1 heterocycles. The molecule has 0 spiro atoms. The second kappa shape index (κ2) is 8.55. The SMILES string of the molecule is Cl.Fc1cccc([C@H](CCC(F)(F)F)N2CCNCC2)c1C(F)(F)F. The van der Waals surface area contributed by atoms with Crippen molar-refractivity contribution in [3.8, 4) is 0 Å². The highest BCUT2D eigenvalue weighted by Gasteiger charge is 2.40. The molecule has 1 fully saturated rings. The second-order valence-electron chi connectivity index (χ2n) is 5.66. The highest BCUT2D eigenvalue weighted by molar-refractivity contribution is 5.85. The average molecular weight is 395 g/mol. The zero-order chi connectivity index (χ0) is 18.0. The van der Waals surface area contributed by atoms with Gasteiger partial charge in [-0.25, -0.2) is 4.39 Å². The van der Waals surface area contributed by atoms with E-state index in [0.29, 0.717) is 32.2 Å². The Morgan fingerprint density at radius 3 is 2.16 bits per heavy atom. The Morgan fingerprint density at radius 2 is 1.64 bits per heavy atom. The molecule has 10 heteroatoms. The van der Waals surface area contributed by atoms with E-state index in [9.17, 15) is 30.7 Å². The fourth-order valence-corrected chi connectivity index (χ4v) is 2.95. The Labute approximate surface area is 146 Å². The topological polar surface area (TPSA) is 15.3 Å². The highest BCUT2D eigenvalue weighted by Crippen LogP contribution is 2.40. The van der Waals surface area contributed by atoms with Crippen LogP contribution in [-0.2, 0) is 6.18 Å². The van der Waals surface area contributed by atoms with Crippen molar-refractivity contribution in [3.05, 3.63) is 35.1 Å². The van der Waals surface area contributed by atoms with Gasteiger partial charge in [0.15, 0.2) is 0 Å². The lowest BCUT2D eigenvalue weighted by Gasteiger charge is -2.36. The van der Waals surface area contributed by atoms with E-state index < -0.39 is 48.2 Å². The fourth-order valence-electron chi connectivity index (χ4n) is 2.95. The summed E-state index contributed by atoms with van der Waals surface area (Å²) in [5.74, 6) is -1.47. The zero-order valence-electron chi connectivity index (χ0n) is 13.1. The van der Waals surface area contributed by atoms with Crippen LogP contribution in [0.2, 0.25) is 0 Å². The molecule has 2 rings (SSSR count). The van der Waals surface area contributed by atoms with Gasteiger partial charge < -0.3 is 5.32 Å². The van der Waals surface area contributed by atoms with E-state index in [1.54, 1.807) is 4.90 Å². The minimum atomic E-state index is -4.97. The third-order valence-corrected chi connectivity index (χ3v) is 3.98. The van der Waals surface area contributed by atoms with E-state index >= 15 is 0 Å². The van der Waals surface area contributed by atoms with Gasteiger partial charge in [0, 0.05) is 38.6 Å². The van der Waals surface area contributed by atoms with Crippen molar-refractivity contribution in [1.82, 2.24) is 10.2 Å². The molecule has 0 radical (unpaired) electrons. The third-order valence-electron chi connectivity index (χ3n) is 3.98. The summed E-state index contributed by atoms with van der Waals surface area (Å²) in [5, 5.41) is 2.99. The summed E-state index contributed by atoms with van der Waals surface area (Å²) in [5.41, 5.74) is -1.91. The predicted octanol–water partition coefficient (Wildman–Crippen LogP) is 4.56. The minimum absolute atomic E-state index is 0. The molecule has 1 atom stereocenters. The molecule has 1 N–H and O–H groups in total. The molecule has 1 aromatic rings. The molecule has 0 aliphatic carbocycles. The lowest BCUT2D eigenvalue weighted by molar-refractivity contribution is -0.142. The number of nitrogens with one attached hydrogen (secondary N) is 1. The van der Waals surface area contributed by atoms with E-state index in [4.69, 9.17) is 0 Å². The first-order valence-corrected chi connectivity index (χ1v) is 7.47. The Morgan fingerprint density at radius 1 is 1.04 bits per heavy atom. The van der Waals surface area contributed by atoms with Gasteiger partial charge in [-0.3, -0.25) is 4.90 Å². The number of piperazine rings is 1. The predicted molar refractivity (Wildman–Crippen MR) is 81.1 cm³/mol. The largest absolute Gasteiger partial charge is 0.419 e. The van der Waals surface area contributed by atoms with Crippen LogP contribution in [-0.4, -0.2) is 37.3 Å². The van der Waals surface area contributed by atoms with Crippen LogP contribution in [0.25, 0.3) is 0 Å². The van der Waals surface area contributed by atoms with Gasteiger partial charge in [-0.05, 0) is 18.1 Å². The molecule has 0 amide bonds. The summed E-state index contributed by atoms with van der Waals surface area (Å²) in [6, 6.07) is 1.70. The summed E-state index contributed by atoms with van der Waals surface area (Å²) in [6.07, 6.45) is -11.2. The van der Waals surface area contributed by atoms with Crippen molar-refractivity contribution in [3.63, 3.8) is 0 Å². The molecule has 0 bridgehead atoms. The quantitative estimate of drug-likeness (QED) is 0.753. The molecule has 1 aliphatic rings. The molecule has 0 unspecified atom stereocenters. The number of benzene rings is 1. The molecular weight excluding hydrogens is 377 g/mol. The summed E-state index contributed by atoms with van der Waals surface area (Å²) in [7, 11) is 0. The Kier molecular flexibility index (Phi) is 7.52. The van der Waals surface area contributed by atoms with Crippen LogP contribution in [0.3, 0.4) is 0 Å². The lowest BCUT2D eigenvalue weighted by atomic mass is 9.94. The molecule has 0 aromatic heterocycles. The van der Waals surface area contributed by atoms with Crippen LogP contribution in [0.1, 0.15) is 30.0 Å². The minimum Gasteiger partial charge on any atom is -0.314 e. The van der Waals surface area contributed by atoms with Crippen LogP contribution < -0.4 is 5.32 Å². The molecule has 1 aromatic carbocycles. The van der Waals surface area contributed by atoms with Gasteiger partial charge >= 0.3 is 12.4 Å². The van der Waals surface area contributed by atoms with Crippen LogP contribution in [0.4, 0.5) is 30.7 Å². The average Bonchev–Trinajstić information content (AvgIpc) is 2.46. The smallest absolute Gasteiger partial charge is 0.314 e. The number of nitrogens with zero attached hydrogens (tertiary/aromatic N) is 1. The summed E-state index contributed by atoms with van der Waals surface area (Å²) in [4.78, 5) is 1.55. The van der Waals surface area contributed by atoms with Gasteiger partial charge in [0.2, 0.25) is 0 Å². The lowest BCUT2D eigenvalue weighted by Crippen LogP contribution is -2.45. The maximum absolute atomic E-state index is 13.8. The first kappa shape index (κ1) is 22.0. The van der Waals surface area contributed by atoms with Gasteiger partial charge in [-0.2, -0.15) is 26.3 Å². The highest BCUT2D eigenvalue weighted by atomic mass is 35.5. The Hall–Kier alpha value is -1.06. The molecule has 1 saturated heterocycles. The molecular formula is C15H18ClF7N2. The van der Waals surface area contributed by atoms with Gasteiger partial charge in [-0.15, -0.1) is 12.4 Å². The fraction of sp³-hybridized carbons (Fsp3) is 0.600. The van der Waals surface area contributed by atoms with E-state index in [-0.39, 0.29) is 12.4 Å². The van der Waals surface area contributed by atoms with Crippen molar-refractivity contribution >= 4 is 12.4 Å². The molecule has 1 aliphatic heterocycles. The van der Waals surface area contributed by atoms with Crippen molar-refractivity contribution in [1.29, 1.82) is 0 Å². The standard InChI is InChI=1S/C15H17F7N2.ClH/c16-11-3-1-2-10(13(11)15(20,21)22)12(4-5-14(17,18)19)24-8-6-23-7-9-24;/h1-3,12,23H,4-9H2;1H/t12-;/m0./s1. The van der Waals surface area contributed by atoms with Crippen LogP contribution in [0, 0.1) is 5.82 Å². The van der Waals surface area contributed by atoms with E-state index in [1.807, 2.05) is 0 Å².